The lowest BCUT2D eigenvalue weighted by Crippen LogP contribution is -2.07. The van der Waals surface area contributed by atoms with E-state index >= 15 is 0 Å². The fraction of sp³-hybridized carbons (Fsp3) is 0.353. The van der Waals surface area contributed by atoms with Crippen molar-refractivity contribution in [1.82, 2.24) is 10.2 Å². The molecule has 0 spiro atoms. The van der Waals surface area contributed by atoms with E-state index < -0.39 is 0 Å². The SMILES string of the molecule is CCCCOc1ccc(/C=C/C(=O)Nc2nnc(C)s2)cc1OC. The molecule has 2 aromatic rings. The van der Waals surface area contributed by atoms with Crippen LogP contribution in [0.2, 0.25) is 0 Å². The van der Waals surface area contributed by atoms with Crippen molar-refractivity contribution in [3.05, 3.63) is 34.8 Å². The summed E-state index contributed by atoms with van der Waals surface area (Å²) in [6.45, 7) is 4.61. The molecule has 1 aromatic carbocycles. The third kappa shape index (κ3) is 5.34. The fourth-order valence-electron chi connectivity index (χ4n) is 1.90. The van der Waals surface area contributed by atoms with Gasteiger partial charge in [0, 0.05) is 6.08 Å². The van der Waals surface area contributed by atoms with E-state index in [2.05, 4.69) is 22.4 Å². The molecule has 0 radical (unpaired) electrons. The Labute approximate surface area is 145 Å². The molecule has 6 nitrogen and oxygen atoms in total. The molecule has 24 heavy (non-hydrogen) atoms. The molecule has 0 aliphatic carbocycles. The minimum Gasteiger partial charge on any atom is -0.493 e. The molecule has 0 atom stereocenters. The molecule has 0 bridgehead atoms. The highest BCUT2D eigenvalue weighted by Gasteiger charge is 2.06. The average Bonchev–Trinajstić information content (AvgIpc) is 2.98. The van der Waals surface area contributed by atoms with Crippen LogP contribution in [0.15, 0.2) is 24.3 Å². The molecule has 0 aliphatic heterocycles. The van der Waals surface area contributed by atoms with Gasteiger partial charge in [-0.2, -0.15) is 0 Å². The Balaban J connectivity index is 1.99. The molecule has 1 N–H and O–H groups in total. The topological polar surface area (TPSA) is 73.3 Å². The van der Waals surface area contributed by atoms with Crippen LogP contribution in [0.4, 0.5) is 5.13 Å². The molecule has 0 saturated heterocycles. The predicted molar refractivity (Wildman–Crippen MR) is 95.7 cm³/mol. The van der Waals surface area contributed by atoms with Crippen LogP contribution < -0.4 is 14.8 Å². The van der Waals surface area contributed by atoms with Crippen LogP contribution in [-0.4, -0.2) is 29.8 Å². The van der Waals surface area contributed by atoms with Gasteiger partial charge in [-0.05, 0) is 37.1 Å². The first-order chi connectivity index (χ1) is 11.6. The van der Waals surface area contributed by atoms with E-state index in [0.717, 1.165) is 23.4 Å². The third-order valence-electron chi connectivity index (χ3n) is 3.13. The summed E-state index contributed by atoms with van der Waals surface area (Å²) in [4.78, 5) is 11.9. The van der Waals surface area contributed by atoms with Crippen molar-refractivity contribution in [2.24, 2.45) is 0 Å². The van der Waals surface area contributed by atoms with Crippen LogP contribution in [-0.2, 0) is 4.79 Å². The van der Waals surface area contributed by atoms with Gasteiger partial charge in [0.1, 0.15) is 5.01 Å². The van der Waals surface area contributed by atoms with E-state index in [4.69, 9.17) is 9.47 Å². The zero-order valence-corrected chi connectivity index (χ0v) is 14.9. The number of aromatic nitrogens is 2. The molecule has 0 aliphatic rings. The fourth-order valence-corrected chi connectivity index (χ4v) is 2.49. The second-order valence-corrected chi connectivity index (χ2v) is 6.24. The summed E-state index contributed by atoms with van der Waals surface area (Å²) < 4.78 is 11.0. The molecule has 0 unspecified atom stereocenters. The van der Waals surface area contributed by atoms with E-state index in [-0.39, 0.29) is 5.91 Å². The first-order valence-electron chi connectivity index (χ1n) is 7.72. The molecule has 2 rings (SSSR count). The number of anilines is 1. The Morgan fingerprint density at radius 1 is 1.33 bits per heavy atom. The maximum absolute atomic E-state index is 11.9. The van der Waals surface area contributed by atoms with E-state index in [9.17, 15) is 4.79 Å². The highest BCUT2D eigenvalue weighted by molar-refractivity contribution is 7.15. The van der Waals surface area contributed by atoms with Crippen molar-refractivity contribution in [3.63, 3.8) is 0 Å². The second kappa shape index (κ2) is 9.02. The van der Waals surface area contributed by atoms with Gasteiger partial charge in [-0.25, -0.2) is 0 Å². The number of aryl methyl sites for hydroxylation is 1. The Morgan fingerprint density at radius 3 is 2.83 bits per heavy atom. The quantitative estimate of drug-likeness (QED) is 0.582. The van der Waals surface area contributed by atoms with Gasteiger partial charge in [0.25, 0.3) is 0 Å². The van der Waals surface area contributed by atoms with Gasteiger partial charge < -0.3 is 9.47 Å². The second-order valence-electron chi connectivity index (χ2n) is 5.06. The number of nitrogens with zero attached hydrogens (tertiary/aromatic N) is 2. The van der Waals surface area contributed by atoms with Crippen LogP contribution in [0.1, 0.15) is 30.3 Å². The molecular weight excluding hydrogens is 326 g/mol. The van der Waals surface area contributed by atoms with Gasteiger partial charge in [-0.15, -0.1) is 10.2 Å². The number of benzene rings is 1. The van der Waals surface area contributed by atoms with Crippen molar-refractivity contribution in [1.29, 1.82) is 0 Å². The normalized spacial score (nSPS) is 10.8. The molecule has 1 amide bonds. The maximum atomic E-state index is 11.9. The largest absolute Gasteiger partial charge is 0.493 e. The first kappa shape index (κ1) is 17.9. The van der Waals surface area contributed by atoms with Gasteiger partial charge >= 0.3 is 0 Å². The van der Waals surface area contributed by atoms with Gasteiger partial charge in [-0.1, -0.05) is 30.7 Å². The summed E-state index contributed by atoms with van der Waals surface area (Å²) in [5, 5.41) is 11.7. The van der Waals surface area contributed by atoms with E-state index in [1.165, 1.54) is 17.4 Å². The number of amides is 1. The molecule has 7 heteroatoms. The minimum absolute atomic E-state index is 0.256. The van der Waals surface area contributed by atoms with Crippen LogP contribution in [0.25, 0.3) is 6.08 Å². The lowest BCUT2D eigenvalue weighted by molar-refractivity contribution is -0.111. The van der Waals surface area contributed by atoms with Crippen LogP contribution in [0.5, 0.6) is 11.5 Å². The van der Waals surface area contributed by atoms with E-state index in [0.29, 0.717) is 23.2 Å². The summed E-state index contributed by atoms with van der Waals surface area (Å²) >= 11 is 1.33. The van der Waals surface area contributed by atoms with Crippen molar-refractivity contribution in [2.75, 3.05) is 19.0 Å². The number of hydrogen-bond donors (Lipinski definition) is 1. The summed E-state index contributed by atoms with van der Waals surface area (Å²) in [7, 11) is 1.60. The molecular formula is C17H21N3O3S. The number of rotatable bonds is 8. The average molecular weight is 347 g/mol. The Morgan fingerprint density at radius 2 is 2.17 bits per heavy atom. The number of carbonyl (C=O) groups excluding carboxylic acids is 1. The predicted octanol–water partition coefficient (Wildman–Crippen LogP) is 3.69. The zero-order valence-electron chi connectivity index (χ0n) is 14.0. The van der Waals surface area contributed by atoms with E-state index in [1.807, 2.05) is 25.1 Å². The lowest BCUT2D eigenvalue weighted by Gasteiger charge is -2.10. The smallest absolute Gasteiger partial charge is 0.250 e. The number of methoxy groups -OCH3 is 1. The van der Waals surface area contributed by atoms with Gasteiger partial charge in [0.15, 0.2) is 11.5 Å². The number of nitrogens with one attached hydrogen (secondary N) is 1. The van der Waals surface area contributed by atoms with Crippen LogP contribution >= 0.6 is 11.3 Å². The van der Waals surface area contributed by atoms with Gasteiger partial charge in [0.05, 0.1) is 13.7 Å². The summed E-state index contributed by atoms with van der Waals surface area (Å²) in [6.07, 6.45) is 5.23. The number of unbranched alkanes of at least 4 members (excludes halogenated alkanes) is 1. The molecule has 1 heterocycles. The van der Waals surface area contributed by atoms with Crippen molar-refractivity contribution in [2.45, 2.75) is 26.7 Å². The van der Waals surface area contributed by atoms with Crippen LogP contribution in [0.3, 0.4) is 0 Å². The van der Waals surface area contributed by atoms with Crippen molar-refractivity contribution in [3.8, 4) is 11.5 Å². The highest BCUT2D eigenvalue weighted by atomic mass is 32.1. The summed E-state index contributed by atoms with van der Waals surface area (Å²) in [5.41, 5.74) is 0.846. The number of ether oxygens (including phenoxy) is 2. The van der Waals surface area contributed by atoms with Gasteiger partial charge in [0.2, 0.25) is 11.0 Å². The lowest BCUT2D eigenvalue weighted by atomic mass is 10.2. The van der Waals surface area contributed by atoms with Gasteiger partial charge in [-0.3, -0.25) is 10.1 Å². The Kier molecular flexibility index (Phi) is 6.74. The van der Waals surface area contributed by atoms with Crippen molar-refractivity contribution < 1.29 is 14.3 Å². The number of hydrogen-bond acceptors (Lipinski definition) is 6. The Hall–Kier alpha value is -2.41. The van der Waals surface area contributed by atoms with Crippen molar-refractivity contribution >= 4 is 28.5 Å². The zero-order chi connectivity index (χ0) is 17.4. The third-order valence-corrected chi connectivity index (χ3v) is 3.88. The monoisotopic (exact) mass is 347 g/mol. The summed E-state index contributed by atoms with van der Waals surface area (Å²) in [5.74, 6) is 1.10. The van der Waals surface area contributed by atoms with Crippen LogP contribution in [0, 0.1) is 6.92 Å². The Bertz CT molecular complexity index is 713. The molecule has 128 valence electrons. The summed E-state index contributed by atoms with van der Waals surface area (Å²) in [6, 6.07) is 5.56. The maximum Gasteiger partial charge on any atom is 0.250 e. The molecule has 1 aromatic heterocycles. The number of carbonyl (C=O) groups is 1. The molecule has 0 fully saturated rings. The molecule has 0 saturated carbocycles. The highest BCUT2D eigenvalue weighted by Crippen LogP contribution is 2.28. The van der Waals surface area contributed by atoms with E-state index in [1.54, 1.807) is 13.2 Å². The standard InChI is InChI=1S/C17H21N3O3S/c1-4-5-10-23-14-8-6-13(11-15(14)22-3)7-9-16(21)18-17-20-19-12(2)24-17/h6-9,11H,4-5,10H2,1-3H3,(H,18,20,21)/b9-7+. The minimum atomic E-state index is -0.256. The first-order valence-corrected chi connectivity index (χ1v) is 8.54.